The largest absolute Gasteiger partial charge is 0.469 e. The van der Waals surface area contributed by atoms with Crippen molar-refractivity contribution in [1.29, 1.82) is 0 Å². The zero-order chi connectivity index (χ0) is 13.8. The Kier molecular flexibility index (Phi) is 3.95. The van der Waals surface area contributed by atoms with Gasteiger partial charge in [0.2, 0.25) is 0 Å². The number of methoxy groups -OCH3 is 1. The summed E-state index contributed by atoms with van der Waals surface area (Å²) in [5, 5.41) is 0. The maximum absolute atomic E-state index is 14.1. The van der Waals surface area contributed by atoms with Crippen molar-refractivity contribution in [2.45, 2.75) is 12.8 Å². The zero-order valence-corrected chi connectivity index (χ0v) is 10.9. The molecule has 0 bridgehead atoms. The van der Waals surface area contributed by atoms with E-state index in [2.05, 4.69) is 4.74 Å². The van der Waals surface area contributed by atoms with Crippen molar-refractivity contribution < 1.29 is 13.9 Å². The number of halogens is 1. The van der Waals surface area contributed by atoms with Crippen molar-refractivity contribution >= 4 is 5.97 Å². The Bertz CT molecular complexity index is 579. The molecule has 0 amide bonds. The third-order valence-corrected chi connectivity index (χ3v) is 3.13. The Labute approximate surface area is 111 Å². The number of hydrogen-bond donors (Lipinski definition) is 0. The molecule has 0 aliphatic carbocycles. The molecule has 0 saturated carbocycles. The van der Waals surface area contributed by atoms with Crippen molar-refractivity contribution in [2.24, 2.45) is 0 Å². The SMILES string of the molecule is COC(=O)[C@@H](C)c1ccc(-c2ccccc2)c(F)c1. The molecule has 0 N–H and O–H groups in total. The van der Waals surface area contributed by atoms with Crippen LogP contribution < -0.4 is 0 Å². The fourth-order valence-electron chi connectivity index (χ4n) is 1.97. The van der Waals surface area contributed by atoms with E-state index in [0.717, 1.165) is 5.56 Å². The molecule has 1 atom stereocenters. The van der Waals surface area contributed by atoms with E-state index in [9.17, 15) is 9.18 Å². The number of carbonyl (C=O) groups excluding carboxylic acids is 1. The van der Waals surface area contributed by atoms with Gasteiger partial charge in [-0.05, 0) is 24.1 Å². The number of ether oxygens (including phenoxy) is 1. The Morgan fingerprint density at radius 3 is 2.42 bits per heavy atom. The van der Waals surface area contributed by atoms with Gasteiger partial charge in [-0.3, -0.25) is 4.79 Å². The highest BCUT2D eigenvalue weighted by molar-refractivity contribution is 5.78. The van der Waals surface area contributed by atoms with Gasteiger partial charge in [0.25, 0.3) is 0 Å². The molecule has 0 radical (unpaired) electrons. The van der Waals surface area contributed by atoms with Crippen molar-refractivity contribution in [3.05, 3.63) is 59.9 Å². The van der Waals surface area contributed by atoms with Crippen LogP contribution in [0.1, 0.15) is 18.4 Å². The molecule has 19 heavy (non-hydrogen) atoms. The van der Waals surface area contributed by atoms with Crippen LogP contribution >= 0.6 is 0 Å². The van der Waals surface area contributed by atoms with Crippen molar-refractivity contribution in [1.82, 2.24) is 0 Å². The fourth-order valence-corrected chi connectivity index (χ4v) is 1.97. The Balaban J connectivity index is 2.35. The Hall–Kier alpha value is -2.16. The van der Waals surface area contributed by atoms with Gasteiger partial charge < -0.3 is 4.74 Å². The number of esters is 1. The molecular weight excluding hydrogens is 243 g/mol. The number of benzene rings is 2. The molecule has 0 aliphatic heterocycles. The second kappa shape index (κ2) is 5.65. The van der Waals surface area contributed by atoms with Crippen molar-refractivity contribution in [2.75, 3.05) is 7.11 Å². The molecule has 0 heterocycles. The topological polar surface area (TPSA) is 26.3 Å². The smallest absolute Gasteiger partial charge is 0.312 e. The van der Waals surface area contributed by atoms with Gasteiger partial charge in [0, 0.05) is 5.56 Å². The second-order valence-electron chi connectivity index (χ2n) is 4.35. The zero-order valence-electron chi connectivity index (χ0n) is 10.9. The van der Waals surface area contributed by atoms with Crippen LogP contribution in [0.2, 0.25) is 0 Å². The molecule has 0 unspecified atom stereocenters. The minimum absolute atomic E-state index is 0.334. The van der Waals surface area contributed by atoms with Gasteiger partial charge in [-0.15, -0.1) is 0 Å². The third kappa shape index (κ3) is 2.81. The van der Waals surface area contributed by atoms with E-state index in [4.69, 9.17) is 0 Å². The summed E-state index contributed by atoms with van der Waals surface area (Å²) >= 11 is 0. The first-order chi connectivity index (χ1) is 9.13. The summed E-state index contributed by atoms with van der Waals surface area (Å²) in [6.07, 6.45) is 0. The number of rotatable bonds is 3. The van der Waals surface area contributed by atoms with Crippen LogP contribution in [0.15, 0.2) is 48.5 Å². The summed E-state index contributed by atoms with van der Waals surface area (Å²) in [6.45, 7) is 1.70. The number of hydrogen-bond acceptors (Lipinski definition) is 2. The van der Waals surface area contributed by atoms with Crippen LogP contribution in [0.25, 0.3) is 11.1 Å². The van der Waals surface area contributed by atoms with Crippen LogP contribution in [0.5, 0.6) is 0 Å². The van der Waals surface area contributed by atoms with Gasteiger partial charge in [-0.2, -0.15) is 0 Å². The van der Waals surface area contributed by atoms with Crippen LogP contribution in [0, 0.1) is 5.82 Å². The summed E-state index contributed by atoms with van der Waals surface area (Å²) in [5.74, 6) is -1.17. The lowest BCUT2D eigenvalue weighted by Crippen LogP contribution is -2.11. The van der Waals surface area contributed by atoms with Crippen molar-refractivity contribution in [3.8, 4) is 11.1 Å². The molecule has 2 aromatic rings. The molecule has 0 spiro atoms. The first-order valence-corrected chi connectivity index (χ1v) is 6.06. The minimum atomic E-state index is -0.468. The van der Waals surface area contributed by atoms with E-state index in [-0.39, 0.29) is 11.8 Å². The predicted octanol–water partition coefficient (Wildman–Crippen LogP) is 3.77. The van der Waals surface area contributed by atoms with Gasteiger partial charge >= 0.3 is 5.97 Å². The van der Waals surface area contributed by atoms with Crippen LogP contribution in [-0.4, -0.2) is 13.1 Å². The quantitative estimate of drug-likeness (QED) is 0.783. The van der Waals surface area contributed by atoms with Crippen LogP contribution in [0.3, 0.4) is 0 Å². The molecule has 0 saturated heterocycles. The van der Waals surface area contributed by atoms with Crippen LogP contribution in [-0.2, 0) is 9.53 Å². The first-order valence-electron chi connectivity index (χ1n) is 6.06. The van der Waals surface area contributed by atoms with Gasteiger partial charge in [0.15, 0.2) is 0 Å². The fraction of sp³-hybridized carbons (Fsp3) is 0.188. The highest BCUT2D eigenvalue weighted by atomic mass is 19.1. The maximum Gasteiger partial charge on any atom is 0.312 e. The summed E-state index contributed by atoms with van der Waals surface area (Å²) in [6, 6.07) is 14.1. The molecule has 0 aliphatic rings. The lowest BCUT2D eigenvalue weighted by atomic mass is 9.97. The first kappa shape index (κ1) is 13.3. The maximum atomic E-state index is 14.1. The Morgan fingerprint density at radius 1 is 1.16 bits per heavy atom. The standard InChI is InChI=1S/C16H15FO2/c1-11(16(18)19-2)13-8-9-14(15(17)10-13)12-6-4-3-5-7-12/h3-11H,1-2H3/t11-/m0/s1. The summed E-state index contributed by atoms with van der Waals surface area (Å²) < 4.78 is 18.8. The number of carbonyl (C=O) groups is 1. The average Bonchev–Trinajstić information content (AvgIpc) is 2.46. The predicted molar refractivity (Wildman–Crippen MR) is 72.3 cm³/mol. The van der Waals surface area contributed by atoms with E-state index in [1.165, 1.54) is 13.2 Å². The third-order valence-electron chi connectivity index (χ3n) is 3.13. The second-order valence-corrected chi connectivity index (χ2v) is 4.35. The molecule has 0 fully saturated rings. The summed E-state index contributed by atoms with van der Waals surface area (Å²) in [5.41, 5.74) is 1.96. The van der Waals surface area contributed by atoms with E-state index < -0.39 is 5.92 Å². The van der Waals surface area contributed by atoms with Gasteiger partial charge in [-0.25, -0.2) is 4.39 Å². The van der Waals surface area contributed by atoms with Crippen molar-refractivity contribution in [3.63, 3.8) is 0 Å². The molecule has 2 nitrogen and oxygen atoms in total. The van der Waals surface area contributed by atoms with Gasteiger partial charge in [0.1, 0.15) is 5.82 Å². The highest BCUT2D eigenvalue weighted by Crippen LogP contribution is 2.26. The lowest BCUT2D eigenvalue weighted by Gasteiger charge is -2.11. The molecule has 2 aromatic carbocycles. The molecular formula is C16H15FO2. The van der Waals surface area contributed by atoms with Gasteiger partial charge in [-0.1, -0.05) is 42.5 Å². The minimum Gasteiger partial charge on any atom is -0.469 e. The molecule has 0 aromatic heterocycles. The lowest BCUT2D eigenvalue weighted by molar-refractivity contribution is -0.141. The normalized spacial score (nSPS) is 11.9. The van der Waals surface area contributed by atoms with Gasteiger partial charge in [0.05, 0.1) is 13.0 Å². The highest BCUT2D eigenvalue weighted by Gasteiger charge is 2.17. The van der Waals surface area contributed by atoms with E-state index >= 15 is 0 Å². The van der Waals surface area contributed by atoms with E-state index in [1.807, 2.05) is 30.3 Å². The molecule has 3 heteroatoms. The Morgan fingerprint density at radius 2 is 1.84 bits per heavy atom. The summed E-state index contributed by atoms with van der Waals surface area (Å²) in [4.78, 5) is 11.4. The molecule has 98 valence electrons. The van der Waals surface area contributed by atoms with E-state index in [0.29, 0.717) is 11.1 Å². The molecule has 2 rings (SSSR count). The summed E-state index contributed by atoms with van der Waals surface area (Å²) in [7, 11) is 1.33. The monoisotopic (exact) mass is 258 g/mol. The van der Waals surface area contributed by atoms with E-state index in [1.54, 1.807) is 19.1 Å². The van der Waals surface area contributed by atoms with Crippen LogP contribution in [0.4, 0.5) is 4.39 Å². The average molecular weight is 258 g/mol.